The number of carbonyl (C=O) groups excluding carboxylic acids is 1. The molecule has 1 amide bonds. The van der Waals surface area contributed by atoms with E-state index in [1.807, 2.05) is 18.4 Å². The van der Waals surface area contributed by atoms with E-state index in [9.17, 15) is 10.1 Å². The number of aromatic nitrogens is 3. The summed E-state index contributed by atoms with van der Waals surface area (Å²) in [6.07, 6.45) is 2.47. The predicted octanol–water partition coefficient (Wildman–Crippen LogP) is 7.56. The third-order valence-corrected chi connectivity index (χ3v) is 9.48. The molecule has 7 nitrogen and oxygen atoms in total. The van der Waals surface area contributed by atoms with Crippen molar-refractivity contribution < 1.29 is 9.53 Å². The molecule has 0 saturated carbocycles. The molecule has 202 valence electrons. The number of thioether (sulfide) groups is 1. The molecule has 0 fully saturated rings. The molecule has 2 aromatic heterocycles. The monoisotopic (exact) mass is 591 g/mol. The van der Waals surface area contributed by atoms with Gasteiger partial charge in [-0.2, -0.15) is 5.26 Å². The molecular weight excluding hydrogens is 561 g/mol. The van der Waals surface area contributed by atoms with Crippen molar-refractivity contribution in [1.82, 2.24) is 14.8 Å². The minimum absolute atomic E-state index is 0.147. The average Bonchev–Trinajstić information content (AvgIpc) is 3.43. The third-order valence-electron chi connectivity index (χ3n) is 6.81. The van der Waals surface area contributed by atoms with E-state index in [0.717, 1.165) is 24.8 Å². The van der Waals surface area contributed by atoms with Gasteiger partial charge < -0.3 is 14.6 Å². The Morgan fingerprint density at radius 1 is 1.37 bits per heavy atom. The van der Waals surface area contributed by atoms with Crippen LogP contribution in [0.5, 0.6) is 5.75 Å². The quantitative estimate of drug-likeness (QED) is 0.272. The van der Waals surface area contributed by atoms with E-state index >= 15 is 0 Å². The fraction of sp³-hybridized carbons (Fsp3) is 0.481. The molecule has 4 rings (SSSR count). The number of nitrogens with zero attached hydrogens (tertiary/aromatic N) is 4. The van der Waals surface area contributed by atoms with E-state index in [1.165, 1.54) is 16.6 Å². The second-order valence-corrected chi connectivity index (χ2v) is 13.3. The SMILES string of the molecule is CCn1c(SCC(=O)Nc2sc3c(c2C#N)CCC(C(C)(C)C)C3)nnc1C(C)Oc1ccc(Cl)cc1Cl. The number of amides is 1. The summed E-state index contributed by atoms with van der Waals surface area (Å²) in [6.45, 7) is 11.3. The number of hydrogen-bond donors (Lipinski definition) is 1. The van der Waals surface area contributed by atoms with Crippen LogP contribution in [-0.4, -0.2) is 26.4 Å². The first-order valence-electron chi connectivity index (χ1n) is 12.5. The Hall–Kier alpha value is -2.25. The molecule has 2 unspecified atom stereocenters. The fourth-order valence-electron chi connectivity index (χ4n) is 4.64. The minimum atomic E-state index is -0.420. The van der Waals surface area contributed by atoms with Crippen LogP contribution >= 0.6 is 46.3 Å². The zero-order chi connectivity index (χ0) is 27.6. The largest absolute Gasteiger partial charge is 0.481 e. The Labute approximate surface area is 241 Å². The molecule has 1 aromatic carbocycles. The molecule has 0 radical (unpaired) electrons. The maximum Gasteiger partial charge on any atom is 0.235 e. The van der Waals surface area contributed by atoms with Gasteiger partial charge in [0, 0.05) is 16.4 Å². The fourth-order valence-corrected chi connectivity index (χ4v) is 7.20. The minimum Gasteiger partial charge on any atom is -0.481 e. The average molecular weight is 593 g/mol. The van der Waals surface area contributed by atoms with Crippen molar-refractivity contribution >= 4 is 57.2 Å². The summed E-state index contributed by atoms with van der Waals surface area (Å²) in [4.78, 5) is 14.1. The predicted molar refractivity (Wildman–Crippen MR) is 155 cm³/mol. The van der Waals surface area contributed by atoms with Gasteiger partial charge in [-0.3, -0.25) is 4.79 Å². The number of anilines is 1. The van der Waals surface area contributed by atoms with E-state index in [1.54, 1.807) is 29.5 Å². The van der Waals surface area contributed by atoms with Crippen molar-refractivity contribution in [3.8, 4) is 11.8 Å². The van der Waals surface area contributed by atoms with Gasteiger partial charge in [0.2, 0.25) is 5.91 Å². The van der Waals surface area contributed by atoms with Gasteiger partial charge in [-0.05, 0) is 68.2 Å². The van der Waals surface area contributed by atoms with Crippen molar-refractivity contribution in [2.24, 2.45) is 11.3 Å². The maximum atomic E-state index is 12.9. The molecule has 0 bridgehead atoms. The van der Waals surface area contributed by atoms with Crippen molar-refractivity contribution in [2.45, 2.75) is 71.7 Å². The summed E-state index contributed by atoms with van der Waals surface area (Å²) in [5.74, 6) is 1.67. The Kier molecular flexibility index (Phi) is 8.98. The van der Waals surface area contributed by atoms with Gasteiger partial charge in [0.25, 0.3) is 0 Å². The number of nitriles is 1. The molecule has 11 heteroatoms. The van der Waals surface area contributed by atoms with Crippen LogP contribution in [0.4, 0.5) is 5.00 Å². The number of fused-ring (bicyclic) bond motifs is 1. The van der Waals surface area contributed by atoms with Crippen LogP contribution in [0.2, 0.25) is 10.0 Å². The molecule has 38 heavy (non-hydrogen) atoms. The summed E-state index contributed by atoms with van der Waals surface area (Å²) < 4.78 is 7.93. The van der Waals surface area contributed by atoms with Crippen LogP contribution in [0.25, 0.3) is 0 Å². The van der Waals surface area contributed by atoms with Gasteiger partial charge in [0.15, 0.2) is 17.1 Å². The first kappa shape index (κ1) is 28.8. The molecule has 0 aliphatic heterocycles. The number of nitrogens with one attached hydrogen (secondary N) is 1. The number of thiophene rings is 1. The lowest BCUT2D eigenvalue weighted by Crippen LogP contribution is -2.26. The molecule has 1 aliphatic carbocycles. The number of benzene rings is 1. The van der Waals surface area contributed by atoms with Gasteiger partial charge in [0.1, 0.15) is 16.8 Å². The number of ether oxygens (including phenoxy) is 1. The highest BCUT2D eigenvalue weighted by Crippen LogP contribution is 2.44. The number of halogens is 2. The molecule has 1 N–H and O–H groups in total. The van der Waals surface area contributed by atoms with E-state index < -0.39 is 6.10 Å². The molecule has 0 saturated heterocycles. The number of rotatable bonds is 8. The van der Waals surface area contributed by atoms with Crippen molar-refractivity contribution in [1.29, 1.82) is 5.26 Å². The van der Waals surface area contributed by atoms with Crippen LogP contribution in [-0.2, 0) is 24.2 Å². The van der Waals surface area contributed by atoms with Crippen LogP contribution in [0.3, 0.4) is 0 Å². The van der Waals surface area contributed by atoms with Crippen molar-refractivity contribution in [3.05, 3.63) is 50.1 Å². The van der Waals surface area contributed by atoms with E-state index in [4.69, 9.17) is 27.9 Å². The Morgan fingerprint density at radius 2 is 2.13 bits per heavy atom. The van der Waals surface area contributed by atoms with Crippen LogP contribution in [0.1, 0.15) is 69.0 Å². The molecular formula is C27H31Cl2N5O2S2. The number of carbonyl (C=O) groups is 1. The molecule has 3 aromatic rings. The molecule has 2 atom stereocenters. The molecule has 0 spiro atoms. The van der Waals surface area contributed by atoms with Crippen molar-refractivity contribution in [3.63, 3.8) is 0 Å². The highest BCUT2D eigenvalue weighted by molar-refractivity contribution is 7.99. The van der Waals surface area contributed by atoms with Gasteiger partial charge in [-0.1, -0.05) is 55.7 Å². The second-order valence-electron chi connectivity index (χ2n) is 10.4. The third kappa shape index (κ3) is 6.31. The van der Waals surface area contributed by atoms with Gasteiger partial charge in [-0.15, -0.1) is 21.5 Å². The topological polar surface area (TPSA) is 92.8 Å². The van der Waals surface area contributed by atoms with Crippen LogP contribution in [0, 0.1) is 22.7 Å². The van der Waals surface area contributed by atoms with Crippen LogP contribution < -0.4 is 10.1 Å². The zero-order valence-electron chi connectivity index (χ0n) is 22.1. The first-order valence-corrected chi connectivity index (χ1v) is 15.1. The lowest BCUT2D eigenvalue weighted by molar-refractivity contribution is -0.113. The van der Waals surface area contributed by atoms with Crippen LogP contribution in [0.15, 0.2) is 23.4 Å². The van der Waals surface area contributed by atoms with Gasteiger partial charge >= 0.3 is 0 Å². The highest BCUT2D eigenvalue weighted by Gasteiger charge is 2.32. The summed E-state index contributed by atoms with van der Waals surface area (Å²) in [5.41, 5.74) is 1.93. The van der Waals surface area contributed by atoms with E-state index in [2.05, 4.69) is 42.4 Å². The Balaban J connectivity index is 1.41. The smallest absolute Gasteiger partial charge is 0.235 e. The number of hydrogen-bond acceptors (Lipinski definition) is 7. The van der Waals surface area contributed by atoms with Crippen molar-refractivity contribution in [2.75, 3.05) is 11.1 Å². The second kappa shape index (κ2) is 11.9. The Bertz CT molecular complexity index is 1370. The lowest BCUT2D eigenvalue weighted by Gasteiger charge is -2.33. The standard InChI is InChI=1S/C27H31Cl2N5O2S2/c1-6-34-24(15(2)36-21-10-8-17(28)12-20(21)29)32-33-26(34)37-14-23(35)31-25-19(13-30)18-9-7-16(27(3,4)5)11-22(18)38-25/h8,10,12,15-16H,6-7,9,11,14H2,1-5H3,(H,31,35). The molecule has 1 aliphatic rings. The normalized spacial score (nSPS) is 16.0. The van der Waals surface area contributed by atoms with E-state index in [-0.39, 0.29) is 17.1 Å². The summed E-state index contributed by atoms with van der Waals surface area (Å²) >= 11 is 15.1. The zero-order valence-corrected chi connectivity index (χ0v) is 25.2. The summed E-state index contributed by atoms with van der Waals surface area (Å²) in [6, 6.07) is 7.38. The van der Waals surface area contributed by atoms with Gasteiger partial charge in [0.05, 0.1) is 16.3 Å². The molecule has 2 heterocycles. The Morgan fingerprint density at radius 3 is 2.79 bits per heavy atom. The summed E-state index contributed by atoms with van der Waals surface area (Å²) in [7, 11) is 0. The highest BCUT2D eigenvalue weighted by atomic mass is 35.5. The first-order chi connectivity index (χ1) is 18.0. The van der Waals surface area contributed by atoms with E-state index in [0.29, 0.717) is 49.8 Å². The lowest BCUT2D eigenvalue weighted by atomic mass is 9.72. The van der Waals surface area contributed by atoms with Gasteiger partial charge in [-0.25, -0.2) is 0 Å². The maximum absolute atomic E-state index is 12.9. The summed E-state index contributed by atoms with van der Waals surface area (Å²) in [5, 5.41) is 23.6.